The lowest BCUT2D eigenvalue weighted by Crippen LogP contribution is -2.38. The summed E-state index contributed by atoms with van der Waals surface area (Å²) in [6.45, 7) is 1.55. The first kappa shape index (κ1) is 20.2. The van der Waals surface area contributed by atoms with E-state index in [1.54, 1.807) is 6.92 Å². The summed E-state index contributed by atoms with van der Waals surface area (Å²) < 4.78 is 75.3. The number of hydrogen-bond acceptors (Lipinski definition) is 7. The largest absolute Gasteiger partial charge is 0.273 e. The van der Waals surface area contributed by atoms with Crippen LogP contribution in [0.1, 0.15) is 18.4 Å². The minimum absolute atomic E-state index is 0.0332. The molecular weight excluding hydrogens is 416 g/mol. The van der Waals surface area contributed by atoms with Crippen LogP contribution in [0.4, 0.5) is 5.69 Å². The Labute approximate surface area is 159 Å². The molecule has 2 heterocycles. The van der Waals surface area contributed by atoms with E-state index in [0.717, 1.165) is 10.4 Å². The number of carbonyl (C=O) groups excluding carboxylic acids is 1. The predicted molar refractivity (Wildman–Crippen MR) is 99.1 cm³/mol. The van der Waals surface area contributed by atoms with Crippen LogP contribution in [0.25, 0.3) is 0 Å². The van der Waals surface area contributed by atoms with Crippen molar-refractivity contribution < 1.29 is 30.0 Å². The maximum absolute atomic E-state index is 13.0. The van der Waals surface area contributed by atoms with Crippen molar-refractivity contribution in [1.82, 2.24) is 4.31 Å². The van der Waals surface area contributed by atoms with E-state index in [2.05, 4.69) is 0 Å². The summed E-state index contributed by atoms with van der Waals surface area (Å²) in [6, 6.07) is 3.29. The molecule has 0 radical (unpaired) electrons. The standard InChI is InChI=1S/C15H20N2O7S3/c1-11-3-4-12(17-15(18)6-8-26(17,21)22)9-14(11)27(23,24)16(2)13-5-7-25(19,20)10-13/h3-4,9,13H,5-8,10H2,1-2H3/t13-/m1/s1. The van der Waals surface area contributed by atoms with Gasteiger partial charge in [0.25, 0.3) is 0 Å². The van der Waals surface area contributed by atoms with E-state index in [1.807, 2.05) is 0 Å². The van der Waals surface area contributed by atoms with Crippen molar-refractivity contribution in [3.63, 3.8) is 0 Å². The molecule has 1 atom stereocenters. The van der Waals surface area contributed by atoms with E-state index in [0.29, 0.717) is 9.87 Å². The number of amides is 1. The highest BCUT2D eigenvalue weighted by molar-refractivity contribution is 7.94. The summed E-state index contributed by atoms with van der Waals surface area (Å²) in [5.41, 5.74) is 0.338. The lowest BCUT2D eigenvalue weighted by Gasteiger charge is -2.24. The van der Waals surface area contributed by atoms with Gasteiger partial charge >= 0.3 is 0 Å². The third kappa shape index (κ3) is 3.62. The lowest BCUT2D eigenvalue weighted by molar-refractivity contribution is -0.116. The van der Waals surface area contributed by atoms with E-state index >= 15 is 0 Å². The molecule has 1 aromatic rings. The van der Waals surface area contributed by atoms with Crippen LogP contribution in [0.3, 0.4) is 0 Å². The Bertz CT molecular complexity index is 1110. The van der Waals surface area contributed by atoms with E-state index in [1.165, 1.54) is 19.2 Å². The van der Waals surface area contributed by atoms with Gasteiger partial charge in [-0.2, -0.15) is 4.31 Å². The first-order valence-corrected chi connectivity index (χ1v) is 13.1. The third-order valence-corrected chi connectivity index (χ3v) is 10.4. The van der Waals surface area contributed by atoms with Crippen LogP contribution >= 0.6 is 0 Å². The van der Waals surface area contributed by atoms with Gasteiger partial charge in [0.05, 0.1) is 27.8 Å². The highest BCUT2D eigenvalue weighted by Crippen LogP contribution is 2.31. The SMILES string of the molecule is Cc1ccc(N2C(=O)CCS2(=O)=O)cc1S(=O)(=O)N(C)[C@@H]1CCS(=O)(=O)C1. The summed E-state index contributed by atoms with van der Waals surface area (Å²) in [7, 11) is -9.86. The van der Waals surface area contributed by atoms with Gasteiger partial charge in [-0.3, -0.25) is 4.79 Å². The van der Waals surface area contributed by atoms with Gasteiger partial charge < -0.3 is 0 Å². The second-order valence-corrected chi connectivity index (χ2v) is 12.9. The molecule has 9 nitrogen and oxygen atoms in total. The summed E-state index contributed by atoms with van der Waals surface area (Å²) in [5, 5.41) is 0. The fourth-order valence-electron chi connectivity index (χ4n) is 3.28. The zero-order chi connectivity index (χ0) is 20.2. The molecule has 27 heavy (non-hydrogen) atoms. The van der Waals surface area contributed by atoms with E-state index < -0.39 is 41.8 Å². The van der Waals surface area contributed by atoms with Crippen LogP contribution in [0.15, 0.2) is 23.1 Å². The third-order valence-electron chi connectivity index (χ3n) is 4.86. The van der Waals surface area contributed by atoms with Crippen molar-refractivity contribution in [2.75, 3.05) is 28.6 Å². The summed E-state index contributed by atoms with van der Waals surface area (Å²) in [5.74, 6) is -1.25. The second kappa shape index (κ2) is 6.54. The summed E-state index contributed by atoms with van der Waals surface area (Å²) in [6.07, 6.45) is 0.0495. The van der Waals surface area contributed by atoms with Crippen LogP contribution in [-0.4, -0.2) is 65.8 Å². The zero-order valence-electron chi connectivity index (χ0n) is 14.8. The first-order valence-electron chi connectivity index (χ1n) is 8.20. The van der Waals surface area contributed by atoms with Crippen molar-refractivity contribution >= 4 is 41.5 Å². The number of nitrogens with zero attached hydrogens (tertiary/aromatic N) is 2. The summed E-state index contributed by atoms with van der Waals surface area (Å²) in [4.78, 5) is 11.8. The van der Waals surface area contributed by atoms with Crippen LogP contribution < -0.4 is 4.31 Å². The molecule has 150 valence electrons. The van der Waals surface area contributed by atoms with Crippen molar-refractivity contribution in [2.45, 2.75) is 30.7 Å². The van der Waals surface area contributed by atoms with Crippen LogP contribution in [0.2, 0.25) is 0 Å². The molecule has 0 unspecified atom stereocenters. The van der Waals surface area contributed by atoms with Gasteiger partial charge in [0.2, 0.25) is 26.0 Å². The van der Waals surface area contributed by atoms with Crippen molar-refractivity contribution in [3.05, 3.63) is 23.8 Å². The molecule has 3 rings (SSSR count). The van der Waals surface area contributed by atoms with Gasteiger partial charge in [0.15, 0.2) is 9.84 Å². The molecule has 0 N–H and O–H groups in total. The number of sulfonamides is 2. The van der Waals surface area contributed by atoms with Gasteiger partial charge in [0, 0.05) is 19.5 Å². The molecule has 0 spiro atoms. The maximum atomic E-state index is 13.0. The average molecular weight is 437 g/mol. The second-order valence-electron chi connectivity index (χ2n) is 6.75. The molecule has 2 aliphatic rings. The minimum atomic E-state index is -4.07. The monoisotopic (exact) mass is 436 g/mol. The van der Waals surface area contributed by atoms with Crippen molar-refractivity contribution in [3.8, 4) is 0 Å². The lowest BCUT2D eigenvalue weighted by atomic mass is 10.2. The quantitative estimate of drug-likeness (QED) is 0.643. The van der Waals surface area contributed by atoms with Crippen molar-refractivity contribution in [1.29, 1.82) is 0 Å². The molecule has 2 aliphatic heterocycles. The Balaban J connectivity index is 2.02. The fraction of sp³-hybridized carbons (Fsp3) is 0.533. The molecule has 12 heteroatoms. The molecule has 2 saturated heterocycles. The molecular formula is C15H20N2O7S3. The Morgan fingerprint density at radius 1 is 1.15 bits per heavy atom. The first-order chi connectivity index (χ1) is 12.3. The van der Waals surface area contributed by atoms with Gasteiger partial charge in [-0.1, -0.05) is 6.07 Å². The van der Waals surface area contributed by atoms with Crippen LogP contribution in [0, 0.1) is 6.92 Å². The van der Waals surface area contributed by atoms with Gasteiger partial charge in [-0.15, -0.1) is 0 Å². The van der Waals surface area contributed by atoms with Gasteiger partial charge in [0.1, 0.15) is 0 Å². The average Bonchev–Trinajstić information content (AvgIpc) is 3.06. The number of sulfone groups is 1. The topological polar surface area (TPSA) is 126 Å². The Morgan fingerprint density at radius 2 is 1.81 bits per heavy atom. The Kier molecular flexibility index (Phi) is 4.90. The molecule has 0 aliphatic carbocycles. The number of aryl methyl sites for hydroxylation is 1. The minimum Gasteiger partial charge on any atom is -0.273 e. The number of anilines is 1. The number of benzene rings is 1. The fourth-order valence-corrected chi connectivity index (χ4v) is 8.22. The zero-order valence-corrected chi connectivity index (χ0v) is 17.3. The number of carbonyl (C=O) groups is 1. The molecule has 0 bridgehead atoms. The van der Waals surface area contributed by atoms with Crippen LogP contribution in [-0.2, 0) is 34.7 Å². The predicted octanol–water partition coefficient (Wildman–Crippen LogP) is -0.131. The summed E-state index contributed by atoms with van der Waals surface area (Å²) >= 11 is 0. The van der Waals surface area contributed by atoms with E-state index in [9.17, 15) is 30.0 Å². The Hall–Kier alpha value is -1.50. The van der Waals surface area contributed by atoms with Crippen molar-refractivity contribution in [2.24, 2.45) is 0 Å². The molecule has 1 amide bonds. The smallest absolute Gasteiger partial charge is 0.243 e. The highest BCUT2D eigenvalue weighted by atomic mass is 32.2. The van der Waals surface area contributed by atoms with Gasteiger partial charge in [-0.25, -0.2) is 29.6 Å². The van der Waals surface area contributed by atoms with Gasteiger partial charge in [-0.05, 0) is 31.0 Å². The highest BCUT2D eigenvalue weighted by Gasteiger charge is 2.39. The Morgan fingerprint density at radius 3 is 2.33 bits per heavy atom. The molecule has 0 aromatic heterocycles. The van der Waals surface area contributed by atoms with E-state index in [4.69, 9.17) is 0 Å². The number of rotatable bonds is 4. The molecule has 0 saturated carbocycles. The van der Waals surface area contributed by atoms with E-state index in [-0.39, 0.29) is 40.7 Å². The molecule has 1 aromatic carbocycles. The number of hydrogen-bond donors (Lipinski definition) is 0. The normalized spacial score (nSPS) is 24.6. The molecule has 2 fully saturated rings. The maximum Gasteiger partial charge on any atom is 0.243 e. The van der Waals surface area contributed by atoms with Crippen LogP contribution in [0.5, 0.6) is 0 Å².